The van der Waals surface area contributed by atoms with Crippen LogP contribution in [0.4, 0.5) is 5.69 Å². The summed E-state index contributed by atoms with van der Waals surface area (Å²) in [6.07, 6.45) is 6.10. The topological polar surface area (TPSA) is 37.4 Å². The number of nitrogens with one attached hydrogen (secondary N) is 1. The van der Waals surface area contributed by atoms with Gasteiger partial charge in [0.15, 0.2) is 0 Å². The van der Waals surface area contributed by atoms with Gasteiger partial charge in [0.05, 0.1) is 6.61 Å². The van der Waals surface area contributed by atoms with Crippen molar-refractivity contribution in [2.45, 2.75) is 31.8 Å². The van der Waals surface area contributed by atoms with Gasteiger partial charge in [0.1, 0.15) is 0 Å². The molecule has 0 radical (unpaired) electrons. The third-order valence-corrected chi connectivity index (χ3v) is 3.46. The summed E-state index contributed by atoms with van der Waals surface area (Å²) in [4.78, 5) is 6.49. The molecule has 1 N–H and O–H groups in total. The molecule has 1 fully saturated rings. The summed E-state index contributed by atoms with van der Waals surface area (Å²) in [5.41, 5.74) is 1.29. The van der Waals surface area contributed by atoms with Gasteiger partial charge >= 0.3 is 0 Å². The number of nitrogens with zero attached hydrogens (tertiary/aromatic N) is 2. The Bertz CT molecular complexity index is 336. The van der Waals surface area contributed by atoms with E-state index in [1.807, 2.05) is 12.4 Å². The summed E-state index contributed by atoms with van der Waals surface area (Å²) in [7, 11) is 1.75. The number of hydrogen-bond donors (Lipinski definition) is 1. The Morgan fingerprint density at radius 3 is 2.67 bits per heavy atom. The molecule has 1 aromatic heterocycles. The first-order valence-electron chi connectivity index (χ1n) is 6.69. The number of methoxy groups -OCH3 is 1. The van der Waals surface area contributed by atoms with Crippen LogP contribution < -0.4 is 10.2 Å². The Balaban J connectivity index is 1.78. The van der Waals surface area contributed by atoms with Crippen molar-refractivity contribution in [1.29, 1.82) is 0 Å². The molecule has 0 aliphatic carbocycles. The molecule has 0 spiro atoms. The van der Waals surface area contributed by atoms with Gasteiger partial charge < -0.3 is 15.0 Å². The van der Waals surface area contributed by atoms with Crippen molar-refractivity contribution in [2.24, 2.45) is 0 Å². The van der Waals surface area contributed by atoms with Crippen LogP contribution in [0.5, 0.6) is 0 Å². The summed E-state index contributed by atoms with van der Waals surface area (Å²) in [5.74, 6) is 0. The minimum Gasteiger partial charge on any atom is -0.383 e. The molecule has 1 aromatic rings. The van der Waals surface area contributed by atoms with Crippen LogP contribution in [0.25, 0.3) is 0 Å². The maximum absolute atomic E-state index is 5.16. The zero-order chi connectivity index (χ0) is 12.8. The largest absolute Gasteiger partial charge is 0.383 e. The van der Waals surface area contributed by atoms with Crippen molar-refractivity contribution in [3.63, 3.8) is 0 Å². The number of pyridine rings is 1. The first-order valence-corrected chi connectivity index (χ1v) is 6.69. The van der Waals surface area contributed by atoms with E-state index < -0.39 is 0 Å². The number of piperidine rings is 1. The molecule has 0 aromatic carbocycles. The molecule has 1 saturated heterocycles. The zero-order valence-corrected chi connectivity index (χ0v) is 11.3. The maximum atomic E-state index is 5.16. The van der Waals surface area contributed by atoms with E-state index >= 15 is 0 Å². The van der Waals surface area contributed by atoms with Crippen LogP contribution in [0.3, 0.4) is 0 Å². The smallest absolute Gasteiger partial charge is 0.0613 e. The average molecular weight is 249 g/mol. The first-order chi connectivity index (χ1) is 8.79. The van der Waals surface area contributed by atoms with Crippen LogP contribution >= 0.6 is 0 Å². The van der Waals surface area contributed by atoms with Gasteiger partial charge in [-0.1, -0.05) is 0 Å². The molecule has 1 aliphatic rings. The Labute approximate surface area is 109 Å². The molecule has 0 saturated carbocycles. The molecule has 1 atom stereocenters. The fourth-order valence-corrected chi connectivity index (χ4v) is 2.56. The van der Waals surface area contributed by atoms with Gasteiger partial charge in [0, 0.05) is 50.4 Å². The molecule has 18 heavy (non-hydrogen) atoms. The second-order valence-electron chi connectivity index (χ2n) is 4.99. The molecule has 100 valence electrons. The SMILES string of the molecule is COCC(C)NC1CCN(c2ccncc2)CC1. The first kappa shape index (κ1) is 13.3. The van der Waals surface area contributed by atoms with Crippen LogP contribution in [0.15, 0.2) is 24.5 Å². The number of rotatable bonds is 5. The van der Waals surface area contributed by atoms with E-state index in [2.05, 4.69) is 34.3 Å². The van der Waals surface area contributed by atoms with Crippen LogP contribution in [0.1, 0.15) is 19.8 Å². The lowest BCUT2D eigenvalue weighted by Gasteiger charge is -2.35. The highest BCUT2D eigenvalue weighted by Gasteiger charge is 2.20. The molecular formula is C14H23N3O. The lowest BCUT2D eigenvalue weighted by atomic mass is 10.0. The average Bonchev–Trinajstić information content (AvgIpc) is 2.41. The Kier molecular flexibility index (Phi) is 4.96. The zero-order valence-electron chi connectivity index (χ0n) is 11.3. The summed E-state index contributed by atoms with van der Waals surface area (Å²) >= 11 is 0. The Morgan fingerprint density at radius 2 is 2.06 bits per heavy atom. The minimum absolute atomic E-state index is 0.437. The monoisotopic (exact) mass is 249 g/mol. The third kappa shape index (κ3) is 3.68. The van der Waals surface area contributed by atoms with Gasteiger partial charge in [0.25, 0.3) is 0 Å². The minimum atomic E-state index is 0.437. The highest BCUT2D eigenvalue weighted by Crippen LogP contribution is 2.19. The molecule has 2 rings (SSSR count). The van der Waals surface area contributed by atoms with E-state index in [4.69, 9.17) is 4.74 Å². The summed E-state index contributed by atoms with van der Waals surface area (Å²) in [6.45, 7) is 5.19. The van der Waals surface area contributed by atoms with Crippen molar-refractivity contribution in [1.82, 2.24) is 10.3 Å². The van der Waals surface area contributed by atoms with Gasteiger partial charge in [0.2, 0.25) is 0 Å². The Morgan fingerprint density at radius 1 is 1.39 bits per heavy atom. The van der Waals surface area contributed by atoms with E-state index in [9.17, 15) is 0 Å². The molecule has 2 heterocycles. The van der Waals surface area contributed by atoms with Gasteiger partial charge in [-0.25, -0.2) is 0 Å². The van der Waals surface area contributed by atoms with Crippen molar-refractivity contribution in [3.8, 4) is 0 Å². The standard InChI is InChI=1S/C14H23N3O/c1-12(11-18-2)16-13-5-9-17(10-6-13)14-3-7-15-8-4-14/h3-4,7-8,12-13,16H,5-6,9-11H2,1-2H3. The molecule has 4 heteroatoms. The Hall–Kier alpha value is -1.13. The number of aromatic nitrogens is 1. The maximum Gasteiger partial charge on any atom is 0.0613 e. The van der Waals surface area contributed by atoms with Crippen LogP contribution in [0.2, 0.25) is 0 Å². The molecule has 0 amide bonds. The van der Waals surface area contributed by atoms with E-state index in [1.54, 1.807) is 7.11 Å². The van der Waals surface area contributed by atoms with E-state index in [1.165, 1.54) is 18.5 Å². The molecule has 4 nitrogen and oxygen atoms in total. The van der Waals surface area contributed by atoms with E-state index in [0.717, 1.165) is 19.7 Å². The van der Waals surface area contributed by atoms with Crippen molar-refractivity contribution in [2.75, 3.05) is 31.7 Å². The second-order valence-corrected chi connectivity index (χ2v) is 4.99. The van der Waals surface area contributed by atoms with Gasteiger partial charge in [-0.3, -0.25) is 4.98 Å². The lowest BCUT2D eigenvalue weighted by Crippen LogP contribution is -2.46. The highest BCUT2D eigenvalue weighted by atomic mass is 16.5. The number of ether oxygens (including phenoxy) is 1. The van der Waals surface area contributed by atoms with Gasteiger partial charge in [-0.15, -0.1) is 0 Å². The predicted molar refractivity (Wildman–Crippen MR) is 73.9 cm³/mol. The normalized spacial score (nSPS) is 18.9. The van der Waals surface area contributed by atoms with Gasteiger partial charge in [-0.05, 0) is 31.9 Å². The van der Waals surface area contributed by atoms with Crippen LogP contribution in [0, 0.1) is 0 Å². The number of anilines is 1. The van der Waals surface area contributed by atoms with Gasteiger partial charge in [-0.2, -0.15) is 0 Å². The lowest BCUT2D eigenvalue weighted by molar-refractivity contribution is 0.163. The summed E-state index contributed by atoms with van der Waals surface area (Å²) < 4.78 is 5.16. The number of hydrogen-bond acceptors (Lipinski definition) is 4. The fraction of sp³-hybridized carbons (Fsp3) is 0.643. The van der Waals surface area contributed by atoms with Crippen LogP contribution in [-0.4, -0.2) is 43.9 Å². The highest BCUT2D eigenvalue weighted by molar-refractivity contribution is 5.44. The quantitative estimate of drug-likeness (QED) is 0.861. The molecule has 0 bridgehead atoms. The second kappa shape index (κ2) is 6.71. The van der Waals surface area contributed by atoms with Crippen molar-refractivity contribution in [3.05, 3.63) is 24.5 Å². The van der Waals surface area contributed by atoms with Crippen molar-refractivity contribution < 1.29 is 4.74 Å². The molecule has 1 aliphatic heterocycles. The summed E-state index contributed by atoms with van der Waals surface area (Å²) in [5, 5.41) is 3.63. The molecule has 1 unspecified atom stereocenters. The fourth-order valence-electron chi connectivity index (χ4n) is 2.56. The summed E-state index contributed by atoms with van der Waals surface area (Å²) in [6, 6.07) is 5.23. The van der Waals surface area contributed by atoms with Crippen LogP contribution in [-0.2, 0) is 4.74 Å². The predicted octanol–water partition coefficient (Wildman–Crippen LogP) is 1.67. The molecular weight excluding hydrogens is 226 g/mol. The van der Waals surface area contributed by atoms with E-state index in [0.29, 0.717) is 12.1 Å². The van der Waals surface area contributed by atoms with Crippen molar-refractivity contribution >= 4 is 5.69 Å². The third-order valence-electron chi connectivity index (χ3n) is 3.46. The van der Waals surface area contributed by atoms with E-state index in [-0.39, 0.29) is 0 Å².